The molecule has 10 heteroatoms. The first kappa shape index (κ1) is 19.9. The molecule has 1 aliphatic heterocycles. The van der Waals surface area contributed by atoms with Crippen LogP contribution in [0.25, 0.3) is 0 Å². The van der Waals surface area contributed by atoms with E-state index in [9.17, 15) is 14.0 Å². The van der Waals surface area contributed by atoms with E-state index in [-0.39, 0.29) is 18.1 Å². The second-order valence-electron chi connectivity index (χ2n) is 5.98. The highest BCUT2D eigenvalue weighted by Crippen LogP contribution is 2.26. The van der Waals surface area contributed by atoms with Gasteiger partial charge in [0, 0.05) is 32.0 Å². The number of anilines is 2. The molecule has 0 radical (unpaired) electrons. The van der Waals surface area contributed by atoms with Crippen LogP contribution in [0.1, 0.15) is 24.3 Å². The normalized spacial score (nSPS) is 13.1. The summed E-state index contributed by atoms with van der Waals surface area (Å²) in [6.45, 7) is 5.41. The number of carbonyl (C=O) groups excluding carboxylic acids is 1. The Bertz CT molecular complexity index is 881. The van der Waals surface area contributed by atoms with Crippen molar-refractivity contribution in [2.75, 3.05) is 31.2 Å². The Kier molecular flexibility index (Phi) is 6.32. The zero-order valence-electron chi connectivity index (χ0n) is 15.7. The number of carbonyl (C=O) groups is 1. The van der Waals surface area contributed by atoms with Gasteiger partial charge in [0.2, 0.25) is 11.6 Å². The van der Waals surface area contributed by atoms with Crippen molar-refractivity contribution in [2.24, 2.45) is 0 Å². The molecule has 0 unspecified atom stereocenters. The van der Waals surface area contributed by atoms with Gasteiger partial charge < -0.3 is 19.7 Å². The fraction of sp³-hybridized carbons (Fsp3) is 0.444. The van der Waals surface area contributed by atoms with E-state index < -0.39 is 17.8 Å². The van der Waals surface area contributed by atoms with Crippen LogP contribution in [0.4, 0.5) is 16.0 Å². The molecular formula is C18H22FN5O4. The molecule has 0 bridgehead atoms. The van der Waals surface area contributed by atoms with Gasteiger partial charge in [-0.3, -0.25) is 14.2 Å². The van der Waals surface area contributed by atoms with E-state index in [2.05, 4.69) is 15.5 Å². The second kappa shape index (κ2) is 8.89. The average molecular weight is 391 g/mol. The third kappa shape index (κ3) is 4.18. The Morgan fingerprint density at radius 3 is 2.50 bits per heavy atom. The summed E-state index contributed by atoms with van der Waals surface area (Å²) in [6.07, 6.45) is -0.599. The third-order valence-corrected chi connectivity index (χ3v) is 4.21. The number of amides is 1. The van der Waals surface area contributed by atoms with Crippen LogP contribution in [0.5, 0.6) is 0 Å². The lowest BCUT2D eigenvalue weighted by Gasteiger charge is -2.17. The summed E-state index contributed by atoms with van der Waals surface area (Å²) >= 11 is 0. The van der Waals surface area contributed by atoms with Gasteiger partial charge in [-0.15, -0.1) is 10.2 Å². The van der Waals surface area contributed by atoms with E-state index in [1.165, 1.54) is 16.7 Å². The molecule has 0 saturated carbocycles. The fourth-order valence-corrected chi connectivity index (χ4v) is 2.92. The number of nitrogens with zero attached hydrogens (tertiary/aromatic N) is 4. The maximum Gasteiger partial charge on any atom is 0.286 e. The van der Waals surface area contributed by atoms with Crippen molar-refractivity contribution in [3.8, 4) is 0 Å². The summed E-state index contributed by atoms with van der Waals surface area (Å²) in [7, 11) is 0. The van der Waals surface area contributed by atoms with Crippen LogP contribution in [0, 0.1) is 5.82 Å². The number of rotatable bonds is 8. The molecule has 0 aliphatic carbocycles. The number of hydrogen-bond donors (Lipinski definition) is 1. The minimum Gasteiger partial charge on any atom is -0.351 e. The largest absolute Gasteiger partial charge is 0.351 e. The molecular weight excluding hydrogens is 369 g/mol. The van der Waals surface area contributed by atoms with Crippen molar-refractivity contribution >= 4 is 17.5 Å². The predicted octanol–water partition coefficient (Wildman–Crippen LogP) is 1.06. The molecule has 28 heavy (non-hydrogen) atoms. The fourth-order valence-electron chi connectivity index (χ4n) is 2.92. The molecule has 2 aromatic rings. The monoisotopic (exact) mass is 391 g/mol. The van der Waals surface area contributed by atoms with Crippen molar-refractivity contribution in [1.82, 2.24) is 20.1 Å². The number of benzene rings is 1. The standard InChI is InChI=1S/C18H22FN5O4/c1-3-27-14(28-4-2)11-20-16(25)15-17(26)24-10-9-23(18(24)22-21-15)13-7-5-12(19)6-8-13/h5-8,14H,3-4,9-11H2,1-2H3,(H,20,25). The molecule has 150 valence electrons. The van der Waals surface area contributed by atoms with Gasteiger partial charge >= 0.3 is 0 Å². The molecule has 1 aromatic carbocycles. The van der Waals surface area contributed by atoms with Gasteiger partial charge in [-0.2, -0.15) is 0 Å². The highest BCUT2D eigenvalue weighted by atomic mass is 19.1. The minimum absolute atomic E-state index is 0.0884. The zero-order chi connectivity index (χ0) is 20.1. The molecule has 1 amide bonds. The third-order valence-electron chi connectivity index (χ3n) is 4.21. The number of nitrogens with one attached hydrogen (secondary N) is 1. The van der Waals surface area contributed by atoms with Gasteiger partial charge in [0.15, 0.2) is 6.29 Å². The van der Waals surface area contributed by atoms with Crippen molar-refractivity contribution < 1.29 is 18.7 Å². The Hall–Kier alpha value is -2.85. The second-order valence-corrected chi connectivity index (χ2v) is 5.98. The predicted molar refractivity (Wildman–Crippen MR) is 99.1 cm³/mol. The molecule has 0 saturated heterocycles. The van der Waals surface area contributed by atoms with E-state index in [0.717, 1.165) is 0 Å². The summed E-state index contributed by atoms with van der Waals surface area (Å²) in [4.78, 5) is 26.8. The first-order chi connectivity index (χ1) is 13.5. The molecule has 2 heterocycles. The molecule has 0 spiro atoms. The highest BCUT2D eigenvalue weighted by Gasteiger charge is 2.27. The van der Waals surface area contributed by atoms with Gasteiger partial charge in [0.25, 0.3) is 11.5 Å². The van der Waals surface area contributed by atoms with Gasteiger partial charge in [0.1, 0.15) is 5.82 Å². The van der Waals surface area contributed by atoms with Crippen LogP contribution in [0.15, 0.2) is 29.1 Å². The van der Waals surface area contributed by atoms with Gasteiger partial charge in [-0.25, -0.2) is 4.39 Å². The highest BCUT2D eigenvalue weighted by molar-refractivity contribution is 5.91. The van der Waals surface area contributed by atoms with E-state index in [0.29, 0.717) is 37.9 Å². The Labute approximate surface area is 161 Å². The van der Waals surface area contributed by atoms with Gasteiger partial charge in [-0.1, -0.05) is 0 Å². The van der Waals surface area contributed by atoms with Crippen molar-refractivity contribution in [3.63, 3.8) is 0 Å². The number of halogens is 1. The van der Waals surface area contributed by atoms with Crippen LogP contribution < -0.4 is 15.8 Å². The summed E-state index contributed by atoms with van der Waals surface area (Å²) in [5, 5.41) is 10.5. The van der Waals surface area contributed by atoms with E-state index in [4.69, 9.17) is 9.47 Å². The lowest BCUT2D eigenvalue weighted by molar-refractivity contribution is -0.131. The lowest BCUT2D eigenvalue weighted by Crippen LogP contribution is -2.39. The molecule has 0 fully saturated rings. The van der Waals surface area contributed by atoms with Crippen LogP contribution in [0.3, 0.4) is 0 Å². The molecule has 1 aliphatic rings. The number of fused-ring (bicyclic) bond motifs is 1. The van der Waals surface area contributed by atoms with Crippen molar-refractivity contribution in [2.45, 2.75) is 26.7 Å². The lowest BCUT2D eigenvalue weighted by atomic mass is 10.3. The molecule has 1 N–H and O–H groups in total. The average Bonchev–Trinajstić information content (AvgIpc) is 3.12. The maximum atomic E-state index is 13.1. The van der Waals surface area contributed by atoms with Gasteiger partial charge in [-0.05, 0) is 38.1 Å². The van der Waals surface area contributed by atoms with E-state index in [1.807, 2.05) is 13.8 Å². The van der Waals surface area contributed by atoms with E-state index in [1.54, 1.807) is 17.0 Å². The number of aromatic nitrogens is 3. The first-order valence-corrected chi connectivity index (χ1v) is 9.07. The maximum absolute atomic E-state index is 13.1. The van der Waals surface area contributed by atoms with Crippen molar-refractivity contribution in [3.05, 3.63) is 46.1 Å². The Balaban J connectivity index is 1.76. The van der Waals surface area contributed by atoms with Crippen LogP contribution >= 0.6 is 0 Å². The quantitative estimate of drug-likeness (QED) is 0.672. The number of hydrogen-bond acceptors (Lipinski definition) is 7. The first-order valence-electron chi connectivity index (χ1n) is 9.07. The summed E-state index contributed by atoms with van der Waals surface area (Å²) in [5.74, 6) is -0.678. The van der Waals surface area contributed by atoms with E-state index >= 15 is 0 Å². The number of ether oxygens (including phenoxy) is 2. The zero-order valence-corrected chi connectivity index (χ0v) is 15.7. The minimum atomic E-state index is -0.641. The molecule has 3 rings (SSSR count). The smallest absolute Gasteiger partial charge is 0.286 e. The SMILES string of the molecule is CCOC(CNC(=O)c1nnc2n(c1=O)CCN2c1ccc(F)cc1)OCC. The van der Waals surface area contributed by atoms with Gasteiger partial charge in [0.05, 0.1) is 6.54 Å². The molecule has 0 atom stereocenters. The van der Waals surface area contributed by atoms with Crippen LogP contribution in [0.2, 0.25) is 0 Å². The Morgan fingerprint density at radius 2 is 1.86 bits per heavy atom. The topological polar surface area (TPSA) is 98.6 Å². The van der Waals surface area contributed by atoms with Crippen LogP contribution in [-0.2, 0) is 16.0 Å². The summed E-state index contributed by atoms with van der Waals surface area (Å²) in [6, 6.07) is 5.86. The Morgan fingerprint density at radius 1 is 1.18 bits per heavy atom. The summed E-state index contributed by atoms with van der Waals surface area (Å²) < 4.78 is 25.2. The van der Waals surface area contributed by atoms with Crippen LogP contribution in [-0.4, -0.2) is 53.3 Å². The van der Waals surface area contributed by atoms with Crippen molar-refractivity contribution in [1.29, 1.82) is 0 Å². The summed E-state index contributed by atoms with van der Waals surface area (Å²) in [5.41, 5.74) is -0.136. The molecule has 9 nitrogen and oxygen atoms in total. The molecule has 1 aromatic heterocycles.